The van der Waals surface area contributed by atoms with Gasteiger partial charge >= 0.3 is 0 Å². The van der Waals surface area contributed by atoms with Crippen LogP contribution in [0.25, 0.3) is 0 Å². The SMILES string of the molecule is O=C(c1ccnnc1)N1CCO[C@@H]2[C@@H](CNc3cccnc3)CC[C@H]21. The lowest BCUT2D eigenvalue weighted by Gasteiger charge is -2.39. The fraction of sp³-hybridized carbons (Fsp3) is 0.444. The number of pyridine rings is 1. The first-order chi connectivity index (χ1) is 12.3. The predicted octanol–water partition coefficient (Wildman–Crippen LogP) is 1.60. The Morgan fingerprint density at radius 1 is 1.24 bits per heavy atom. The number of morpholine rings is 1. The minimum atomic E-state index is 0.0223. The molecule has 1 amide bonds. The van der Waals surface area contributed by atoms with Crippen molar-refractivity contribution in [1.29, 1.82) is 0 Å². The lowest BCUT2D eigenvalue weighted by molar-refractivity contribution is -0.0602. The summed E-state index contributed by atoms with van der Waals surface area (Å²) in [6.45, 7) is 2.03. The lowest BCUT2D eigenvalue weighted by atomic mass is 10.0. The maximum atomic E-state index is 12.8. The van der Waals surface area contributed by atoms with Gasteiger partial charge in [-0.2, -0.15) is 10.2 Å². The maximum absolute atomic E-state index is 12.8. The van der Waals surface area contributed by atoms with E-state index in [9.17, 15) is 4.79 Å². The van der Waals surface area contributed by atoms with Crippen LogP contribution in [0, 0.1) is 5.92 Å². The first-order valence-corrected chi connectivity index (χ1v) is 8.66. The van der Waals surface area contributed by atoms with Gasteiger partial charge in [-0.15, -0.1) is 0 Å². The van der Waals surface area contributed by atoms with Crippen LogP contribution in [0.4, 0.5) is 5.69 Å². The van der Waals surface area contributed by atoms with E-state index in [-0.39, 0.29) is 18.1 Å². The summed E-state index contributed by atoms with van der Waals surface area (Å²) in [6, 6.07) is 5.78. The highest BCUT2D eigenvalue weighted by atomic mass is 16.5. The third-order valence-corrected chi connectivity index (χ3v) is 5.04. The van der Waals surface area contributed by atoms with Crippen LogP contribution in [-0.4, -0.2) is 57.8 Å². The zero-order valence-electron chi connectivity index (χ0n) is 13.9. The van der Waals surface area contributed by atoms with E-state index in [1.165, 1.54) is 6.20 Å². The van der Waals surface area contributed by atoms with Crippen molar-refractivity contribution >= 4 is 11.6 Å². The summed E-state index contributed by atoms with van der Waals surface area (Å²) in [4.78, 5) is 18.9. The quantitative estimate of drug-likeness (QED) is 0.911. The largest absolute Gasteiger partial charge is 0.383 e. The van der Waals surface area contributed by atoms with Gasteiger partial charge in [-0.1, -0.05) is 0 Å². The molecule has 3 heterocycles. The van der Waals surface area contributed by atoms with Crippen LogP contribution in [0.2, 0.25) is 0 Å². The molecule has 0 bridgehead atoms. The predicted molar refractivity (Wildman–Crippen MR) is 92.0 cm³/mol. The highest BCUT2D eigenvalue weighted by Crippen LogP contribution is 2.35. The standard InChI is InChI=1S/C18H21N5O2/c24-18(14-5-7-21-22-11-14)23-8-9-25-17-13(3-4-16(17)23)10-20-15-2-1-6-19-12-15/h1-2,5-7,11-13,16-17,20H,3-4,8-10H2/t13-,16-,17-/m1/s1. The number of aromatic nitrogens is 3. The van der Waals surface area contributed by atoms with Gasteiger partial charge in [0.2, 0.25) is 0 Å². The average Bonchev–Trinajstić information content (AvgIpc) is 3.10. The summed E-state index contributed by atoms with van der Waals surface area (Å²) in [7, 11) is 0. The Bertz CT molecular complexity index is 712. The maximum Gasteiger partial charge on any atom is 0.255 e. The third kappa shape index (κ3) is 3.32. The molecule has 2 aliphatic rings. The number of nitrogens with one attached hydrogen (secondary N) is 1. The van der Waals surface area contributed by atoms with Crippen LogP contribution in [-0.2, 0) is 4.74 Å². The van der Waals surface area contributed by atoms with Gasteiger partial charge in [0, 0.05) is 31.4 Å². The van der Waals surface area contributed by atoms with E-state index in [0.29, 0.717) is 24.6 Å². The monoisotopic (exact) mass is 339 g/mol. The molecule has 7 heteroatoms. The molecule has 130 valence electrons. The van der Waals surface area contributed by atoms with Crippen molar-refractivity contribution in [2.75, 3.05) is 25.0 Å². The van der Waals surface area contributed by atoms with Gasteiger partial charge in [-0.3, -0.25) is 9.78 Å². The van der Waals surface area contributed by atoms with Crippen molar-refractivity contribution in [1.82, 2.24) is 20.1 Å². The van der Waals surface area contributed by atoms with Gasteiger partial charge in [0.05, 0.1) is 42.4 Å². The van der Waals surface area contributed by atoms with Crippen molar-refractivity contribution in [3.63, 3.8) is 0 Å². The molecular weight excluding hydrogens is 318 g/mol. The Hall–Kier alpha value is -2.54. The third-order valence-electron chi connectivity index (χ3n) is 5.04. The Kier molecular flexibility index (Phi) is 4.56. The molecule has 0 radical (unpaired) electrons. The molecule has 3 atom stereocenters. The minimum Gasteiger partial charge on any atom is -0.383 e. The summed E-state index contributed by atoms with van der Waals surface area (Å²) in [5.74, 6) is 0.408. The lowest BCUT2D eigenvalue weighted by Crippen LogP contribution is -2.53. The topological polar surface area (TPSA) is 80.2 Å². The molecular formula is C18H21N5O2. The van der Waals surface area contributed by atoms with E-state index < -0.39 is 0 Å². The van der Waals surface area contributed by atoms with E-state index in [4.69, 9.17) is 4.74 Å². The Labute approximate surface area is 146 Å². The van der Waals surface area contributed by atoms with Crippen LogP contribution in [0.3, 0.4) is 0 Å². The van der Waals surface area contributed by atoms with Crippen molar-refractivity contribution < 1.29 is 9.53 Å². The van der Waals surface area contributed by atoms with Crippen LogP contribution in [0.5, 0.6) is 0 Å². The smallest absolute Gasteiger partial charge is 0.255 e. The van der Waals surface area contributed by atoms with Crippen molar-refractivity contribution in [3.05, 3.63) is 48.5 Å². The number of carbonyl (C=O) groups is 1. The number of fused-ring (bicyclic) bond motifs is 1. The highest BCUT2D eigenvalue weighted by Gasteiger charge is 2.44. The van der Waals surface area contributed by atoms with Gasteiger partial charge in [0.1, 0.15) is 0 Å². The first kappa shape index (κ1) is 16.0. The van der Waals surface area contributed by atoms with E-state index in [1.54, 1.807) is 18.5 Å². The molecule has 1 aliphatic carbocycles. The molecule has 7 nitrogen and oxygen atoms in total. The van der Waals surface area contributed by atoms with Gasteiger partial charge < -0.3 is 15.0 Å². The van der Waals surface area contributed by atoms with E-state index in [2.05, 4.69) is 20.5 Å². The molecule has 25 heavy (non-hydrogen) atoms. The second-order valence-electron chi connectivity index (χ2n) is 6.49. The Morgan fingerprint density at radius 2 is 2.20 bits per heavy atom. The number of amides is 1. The number of nitrogens with zero attached hydrogens (tertiary/aromatic N) is 4. The second kappa shape index (κ2) is 7.14. The van der Waals surface area contributed by atoms with Crippen LogP contribution >= 0.6 is 0 Å². The van der Waals surface area contributed by atoms with E-state index >= 15 is 0 Å². The summed E-state index contributed by atoms with van der Waals surface area (Å²) < 4.78 is 6.04. The van der Waals surface area contributed by atoms with Gasteiger partial charge in [-0.05, 0) is 31.0 Å². The summed E-state index contributed by atoms with van der Waals surface area (Å²) in [6.07, 6.45) is 8.76. The first-order valence-electron chi connectivity index (χ1n) is 8.66. The van der Waals surface area contributed by atoms with E-state index in [1.807, 2.05) is 23.2 Å². The molecule has 0 unspecified atom stereocenters. The fourth-order valence-electron chi connectivity index (χ4n) is 3.83. The summed E-state index contributed by atoms with van der Waals surface area (Å²) >= 11 is 0. The Morgan fingerprint density at radius 3 is 3.00 bits per heavy atom. The summed E-state index contributed by atoms with van der Waals surface area (Å²) in [5.41, 5.74) is 1.60. The molecule has 1 saturated heterocycles. The molecule has 2 aromatic heterocycles. The van der Waals surface area contributed by atoms with Crippen molar-refractivity contribution in [3.8, 4) is 0 Å². The number of hydrogen-bond acceptors (Lipinski definition) is 6. The zero-order valence-corrected chi connectivity index (χ0v) is 13.9. The number of rotatable bonds is 4. The molecule has 1 saturated carbocycles. The van der Waals surface area contributed by atoms with Crippen LogP contribution in [0.1, 0.15) is 23.2 Å². The van der Waals surface area contributed by atoms with E-state index in [0.717, 1.165) is 25.1 Å². The fourth-order valence-corrected chi connectivity index (χ4v) is 3.83. The minimum absolute atomic E-state index is 0.0223. The van der Waals surface area contributed by atoms with Crippen LogP contribution in [0.15, 0.2) is 43.0 Å². The average molecular weight is 339 g/mol. The Balaban J connectivity index is 1.42. The van der Waals surface area contributed by atoms with Gasteiger partial charge in [-0.25, -0.2) is 0 Å². The molecule has 1 N–H and O–H groups in total. The summed E-state index contributed by atoms with van der Waals surface area (Å²) in [5, 5.41) is 11.0. The van der Waals surface area contributed by atoms with Crippen molar-refractivity contribution in [2.45, 2.75) is 25.0 Å². The van der Waals surface area contributed by atoms with Crippen molar-refractivity contribution in [2.24, 2.45) is 5.92 Å². The number of anilines is 1. The number of carbonyl (C=O) groups excluding carboxylic acids is 1. The number of hydrogen-bond donors (Lipinski definition) is 1. The molecule has 0 aromatic carbocycles. The molecule has 2 aromatic rings. The molecule has 4 rings (SSSR count). The molecule has 2 fully saturated rings. The van der Waals surface area contributed by atoms with Gasteiger partial charge in [0.25, 0.3) is 5.91 Å². The molecule has 0 spiro atoms. The highest BCUT2D eigenvalue weighted by molar-refractivity contribution is 5.94. The molecule has 1 aliphatic heterocycles. The van der Waals surface area contributed by atoms with Gasteiger partial charge in [0.15, 0.2) is 0 Å². The van der Waals surface area contributed by atoms with Crippen LogP contribution < -0.4 is 5.32 Å². The second-order valence-corrected chi connectivity index (χ2v) is 6.49. The zero-order chi connectivity index (χ0) is 17.1. The number of ether oxygens (including phenoxy) is 1. The normalized spacial score (nSPS) is 25.4.